The zero-order chi connectivity index (χ0) is 18.4. The van der Waals surface area contributed by atoms with Crippen molar-refractivity contribution in [3.63, 3.8) is 0 Å². The lowest BCUT2D eigenvalue weighted by Gasteiger charge is -2.32. The molecule has 2 rings (SSSR count). The maximum absolute atomic E-state index is 12.4. The molecule has 0 bridgehead atoms. The Balaban J connectivity index is 0.00000338. The largest absolute Gasteiger partial charge is 0.443 e. The van der Waals surface area contributed by atoms with Crippen LogP contribution in [0.2, 0.25) is 0 Å². The van der Waals surface area contributed by atoms with E-state index >= 15 is 0 Å². The first-order valence-corrected chi connectivity index (χ1v) is 8.71. The maximum Gasteiger partial charge on any atom is 0.251 e. The molecule has 26 heavy (non-hydrogen) atoms. The second-order valence-corrected chi connectivity index (χ2v) is 7.40. The highest BCUT2D eigenvalue weighted by atomic mass is 127. The SMILES string of the molecule is CN=C(NCc1ncc(C(C)(C)C)o1)NC1CCN(CC(F)F)CC1.I. The van der Waals surface area contributed by atoms with Crippen molar-refractivity contribution in [2.45, 2.75) is 58.0 Å². The molecule has 1 aliphatic heterocycles. The van der Waals surface area contributed by atoms with Gasteiger partial charge in [-0.2, -0.15) is 0 Å². The van der Waals surface area contributed by atoms with E-state index in [2.05, 4.69) is 41.4 Å². The summed E-state index contributed by atoms with van der Waals surface area (Å²) < 4.78 is 30.6. The summed E-state index contributed by atoms with van der Waals surface area (Å²) in [7, 11) is 1.71. The molecular formula is C17H30F2IN5O. The molecule has 0 aromatic carbocycles. The lowest BCUT2D eigenvalue weighted by atomic mass is 9.94. The second-order valence-electron chi connectivity index (χ2n) is 7.40. The fourth-order valence-corrected chi connectivity index (χ4v) is 2.74. The smallest absolute Gasteiger partial charge is 0.251 e. The number of aromatic nitrogens is 1. The number of piperidine rings is 1. The Labute approximate surface area is 171 Å². The molecule has 150 valence electrons. The molecule has 6 nitrogen and oxygen atoms in total. The Morgan fingerprint density at radius 3 is 2.54 bits per heavy atom. The van der Waals surface area contributed by atoms with E-state index in [4.69, 9.17) is 4.42 Å². The van der Waals surface area contributed by atoms with Gasteiger partial charge in [-0.15, -0.1) is 24.0 Å². The molecule has 0 unspecified atom stereocenters. The van der Waals surface area contributed by atoms with Gasteiger partial charge in [0.15, 0.2) is 5.96 Å². The predicted octanol–water partition coefficient (Wildman–Crippen LogP) is 2.98. The Bertz CT molecular complexity index is 566. The van der Waals surface area contributed by atoms with Gasteiger partial charge in [0, 0.05) is 31.6 Å². The fourth-order valence-electron chi connectivity index (χ4n) is 2.74. The van der Waals surface area contributed by atoms with E-state index in [1.165, 1.54) is 0 Å². The Hall–Kier alpha value is -0.970. The number of halogens is 3. The van der Waals surface area contributed by atoms with Gasteiger partial charge in [0.25, 0.3) is 6.43 Å². The molecule has 1 aliphatic rings. The molecule has 0 radical (unpaired) electrons. The molecule has 1 aromatic heterocycles. The number of nitrogens with zero attached hydrogens (tertiary/aromatic N) is 3. The molecule has 0 aliphatic carbocycles. The lowest BCUT2D eigenvalue weighted by molar-refractivity contribution is 0.0744. The number of oxazole rings is 1. The molecule has 0 spiro atoms. The number of alkyl halides is 2. The van der Waals surface area contributed by atoms with Gasteiger partial charge in [-0.1, -0.05) is 20.8 Å². The van der Waals surface area contributed by atoms with Crippen LogP contribution in [0.4, 0.5) is 8.78 Å². The number of hydrogen-bond donors (Lipinski definition) is 2. The molecule has 0 amide bonds. The van der Waals surface area contributed by atoms with E-state index in [1.807, 2.05) is 0 Å². The Morgan fingerprint density at radius 2 is 2.04 bits per heavy atom. The average molecular weight is 485 g/mol. The summed E-state index contributed by atoms with van der Waals surface area (Å²) in [6.07, 6.45) is 1.13. The molecule has 9 heteroatoms. The number of nitrogens with one attached hydrogen (secondary N) is 2. The van der Waals surface area contributed by atoms with E-state index < -0.39 is 6.43 Å². The van der Waals surface area contributed by atoms with E-state index in [0.717, 1.165) is 18.6 Å². The molecule has 1 fully saturated rings. The summed E-state index contributed by atoms with van der Waals surface area (Å²) in [5.74, 6) is 2.13. The van der Waals surface area contributed by atoms with E-state index in [1.54, 1.807) is 18.1 Å². The van der Waals surface area contributed by atoms with Gasteiger partial charge in [-0.25, -0.2) is 13.8 Å². The molecule has 1 aromatic rings. The summed E-state index contributed by atoms with van der Waals surface area (Å²) in [4.78, 5) is 10.3. The van der Waals surface area contributed by atoms with Crippen molar-refractivity contribution >= 4 is 29.9 Å². The molecule has 2 heterocycles. The quantitative estimate of drug-likeness (QED) is 0.382. The first kappa shape index (κ1) is 23.1. The van der Waals surface area contributed by atoms with Crippen molar-refractivity contribution in [3.8, 4) is 0 Å². The molecule has 2 N–H and O–H groups in total. The highest BCUT2D eigenvalue weighted by Gasteiger charge is 2.22. The van der Waals surface area contributed by atoms with Crippen molar-refractivity contribution in [2.75, 3.05) is 26.7 Å². The van der Waals surface area contributed by atoms with Crippen molar-refractivity contribution in [1.82, 2.24) is 20.5 Å². The topological polar surface area (TPSA) is 65.7 Å². The van der Waals surface area contributed by atoms with Crippen LogP contribution in [0.5, 0.6) is 0 Å². The summed E-state index contributed by atoms with van der Waals surface area (Å²) in [5.41, 5.74) is -0.0721. The van der Waals surface area contributed by atoms with Crippen LogP contribution < -0.4 is 10.6 Å². The van der Waals surface area contributed by atoms with Gasteiger partial charge in [0.1, 0.15) is 5.76 Å². The molecule has 1 saturated heterocycles. The molecule has 0 atom stereocenters. The van der Waals surface area contributed by atoms with Crippen molar-refractivity contribution in [3.05, 3.63) is 17.8 Å². The maximum atomic E-state index is 12.4. The van der Waals surface area contributed by atoms with E-state index in [-0.39, 0.29) is 42.0 Å². The minimum atomic E-state index is -2.27. The van der Waals surface area contributed by atoms with Crippen LogP contribution >= 0.6 is 24.0 Å². The normalized spacial score (nSPS) is 17.3. The Morgan fingerprint density at radius 1 is 1.38 bits per heavy atom. The van der Waals surface area contributed by atoms with Gasteiger partial charge in [0.2, 0.25) is 5.89 Å². The third-order valence-corrected chi connectivity index (χ3v) is 4.25. The van der Waals surface area contributed by atoms with Crippen LogP contribution in [0.25, 0.3) is 0 Å². The van der Waals surface area contributed by atoms with Crippen LogP contribution in [-0.2, 0) is 12.0 Å². The number of hydrogen-bond acceptors (Lipinski definition) is 4. The third-order valence-electron chi connectivity index (χ3n) is 4.25. The predicted molar refractivity (Wildman–Crippen MR) is 109 cm³/mol. The fraction of sp³-hybridized carbons (Fsp3) is 0.765. The van der Waals surface area contributed by atoms with Crippen molar-refractivity contribution < 1.29 is 13.2 Å². The third kappa shape index (κ3) is 7.34. The monoisotopic (exact) mass is 485 g/mol. The number of aliphatic imine (C=N–C) groups is 1. The molecule has 0 saturated carbocycles. The van der Waals surface area contributed by atoms with Crippen molar-refractivity contribution in [2.24, 2.45) is 4.99 Å². The minimum absolute atomic E-state index is 0. The van der Waals surface area contributed by atoms with Gasteiger partial charge in [0.05, 0.1) is 19.3 Å². The van der Waals surface area contributed by atoms with Gasteiger partial charge >= 0.3 is 0 Å². The summed E-state index contributed by atoms with van der Waals surface area (Å²) >= 11 is 0. The second kappa shape index (κ2) is 10.4. The number of likely N-dealkylation sites (tertiary alicyclic amines) is 1. The Kier molecular flexibility index (Phi) is 9.22. The van der Waals surface area contributed by atoms with Gasteiger partial charge < -0.3 is 15.1 Å². The lowest BCUT2D eigenvalue weighted by Crippen LogP contribution is -2.49. The molecular weight excluding hydrogens is 455 g/mol. The number of guanidine groups is 1. The van der Waals surface area contributed by atoms with Crippen LogP contribution in [0, 0.1) is 0 Å². The van der Waals surface area contributed by atoms with E-state index in [9.17, 15) is 8.78 Å². The highest BCUT2D eigenvalue weighted by Crippen LogP contribution is 2.22. The van der Waals surface area contributed by atoms with Crippen LogP contribution in [0.1, 0.15) is 45.3 Å². The van der Waals surface area contributed by atoms with Crippen LogP contribution in [0.3, 0.4) is 0 Å². The first-order chi connectivity index (χ1) is 11.8. The van der Waals surface area contributed by atoms with Gasteiger partial charge in [-0.3, -0.25) is 9.89 Å². The van der Waals surface area contributed by atoms with E-state index in [0.29, 0.717) is 31.5 Å². The number of rotatable bonds is 5. The minimum Gasteiger partial charge on any atom is -0.443 e. The first-order valence-electron chi connectivity index (χ1n) is 8.71. The van der Waals surface area contributed by atoms with Crippen molar-refractivity contribution in [1.29, 1.82) is 0 Å². The summed E-state index contributed by atoms with van der Waals surface area (Å²) in [6, 6.07) is 0.231. The van der Waals surface area contributed by atoms with Crippen LogP contribution in [-0.4, -0.2) is 55.0 Å². The van der Waals surface area contributed by atoms with Crippen LogP contribution in [0.15, 0.2) is 15.6 Å². The zero-order valence-corrected chi connectivity index (χ0v) is 18.2. The summed E-state index contributed by atoms with van der Waals surface area (Å²) in [5, 5.41) is 6.53. The average Bonchev–Trinajstić information content (AvgIpc) is 3.02. The van der Waals surface area contributed by atoms with Gasteiger partial charge in [-0.05, 0) is 12.8 Å². The zero-order valence-electron chi connectivity index (χ0n) is 15.9. The highest BCUT2D eigenvalue weighted by molar-refractivity contribution is 14.0. The summed E-state index contributed by atoms with van der Waals surface area (Å²) in [6.45, 7) is 7.88. The standard InChI is InChI=1S/C17H29F2N5O.HI/c1-17(2,3)13-9-21-15(25-13)10-22-16(20-4)23-12-5-7-24(8-6-12)11-14(18)19;/h9,12,14H,5-8,10-11H2,1-4H3,(H2,20,22,23);1H.